The zero-order valence-corrected chi connectivity index (χ0v) is 7.04. The molecular formula is C7H8F3NO3. The molecule has 1 heterocycles. The highest BCUT2D eigenvalue weighted by Gasteiger charge is 2.47. The number of hydrogen-bond donors (Lipinski definition) is 1. The summed E-state index contributed by atoms with van der Waals surface area (Å²) in [5.74, 6) is -3.46. The van der Waals surface area contributed by atoms with Gasteiger partial charge in [-0.3, -0.25) is 4.79 Å². The van der Waals surface area contributed by atoms with Gasteiger partial charge in [-0.25, -0.2) is 4.79 Å². The van der Waals surface area contributed by atoms with Crippen molar-refractivity contribution in [1.82, 2.24) is 4.90 Å². The summed E-state index contributed by atoms with van der Waals surface area (Å²) < 4.78 is 35.9. The van der Waals surface area contributed by atoms with Gasteiger partial charge in [-0.2, -0.15) is 13.2 Å². The number of hydrogen-bond acceptors (Lipinski definition) is 2. The van der Waals surface area contributed by atoms with Crippen LogP contribution in [-0.4, -0.2) is 40.6 Å². The summed E-state index contributed by atoms with van der Waals surface area (Å²) in [6, 6.07) is -1.33. The van der Waals surface area contributed by atoms with Gasteiger partial charge in [0.2, 0.25) is 0 Å². The Kier molecular flexibility index (Phi) is 2.68. The van der Waals surface area contributed by atoms with E-state index in [4.69, 9.17) is 5.11 Å². The maximum Gasteiger partial charge on any atom is 0.471 e. The van der Waals surface area contributed by atoms with Gasteiger partial charge in [0.25, 0.3) is 0 Å². The quantitative estimate of drug-likeness (QED) is 0.691. The lowest BCUT2D eigenvalue weighted by molar-refractivity contribution is -0.187. The summed E-state index contributed by atoms with van der Waals surface area (Å²) in [6.45, 7) is -0.144. The number of alkyl halides is 3. The van der Waals surface area contributed by atoms with Crippen molar-refractivity contribution in [2.45, 2.75) is 25.1 Å². The van der Waals surface area contributed by atoms with Crippen LogP contribution in [0.4, 0.5) is 13.2 Å². The third kappa shape index (κ3) is 1.97. The predicted molar refractivity (Wildman–Crippen MR) is 38.4 cm³/mol. The minimum Gasteiger partial charge on any atom is -0.480 e. The molecule has 1 rings (SSSR count). The van der Waals surface area contributed by atoms with Crippen molar-refractivity contribution >= 4 is 11.9 Å². The summed E-state index contributed by atoms with van der Waals surface area (Å²) in [5, 5.41) is 8.54. The smallest absolute Gasteiger partial charge is 0.471 e. The number of carboxylic acid groups (broad SMARTS) is 1. The Labute approximate surface area is 77.3 Å². The first-order chi connectivity index (χ1) is 6.34. The summed E-state index contributed by atoms with van der Waals surface area (Å²) >= 11 is 0. The number of likely N-dealkylation sites (tertiary alicyclic amines) is 1. The monoisotopic (exact) mass is 211 g/mol. The second-order valence-corrected chi connectivity index (χ2v) is 2.99. The Morgan fingerprint density at radius 1 is 1.36 bits per heavy atom. The van der Waals surface area contributed by atoms with Gasteiger partial charge < -0.3 is 10.0 Å². The molecule has 1 aliphatic heterocycles. The molecule has 0 radical (unpaired) electrons. The molecule has 0 spiro atoms. The molecule has 0 bridgehead atoms. The number of aliphatic carboxylic acids is 1. The number of rotatable bonds is 1. The topological polar surface area (TPSA) is 57.6 Å². The predicted octanol–water partition coefficient (Wildman–Crippen LogP) is 0.624. The molecule has 4 nitrogen and oxygen atoms in total. The molecule has 0 aliphatic carbocycles. The van der Waals surface area contributed by atoms with Crippen molar-refractivity contribution in [3.05, 3.63) is 0 Å². The molecule has 0 saturated carbocycles. The van der Waals surface area contributed by atoms with Crippen LogP contribution in [0.2, 0.25) is 0 Å². The Hall–Kier alpha value is -1.27. The van der Waals surface area contributed by atoms with Gasteiger partial charge in [-0.05, 0) is 12.8 Å². The highest BCUT2D eigenvalue weighted by molar-refractivity contribution is 5.87. The van der Waals surface area contributed by atoms with Crippen LogP contribution in [0.25, 0.3) is 0 Å². The van der Waals surface area contributed by atoms with E-state index in [-0.39, 0.29) is 13.0 Å². The van der Waals surface area contributed by atoms with Crippen molar-refractivity contribution in [3.63, 3.8) is 0 Å². The van der Waals surface area contributed by atoms with Crippen LogP contribution >= 0.6 is 0 Å². The van der Waals surface area contributed by atoms with Gasteiger partial charge in [0.1, 0.15) is 6.04 Å². The van der Waals surface area contributed by atoms with E-state index in [1.165, 1.54) is 0 Å². The van der Waals surface area contributed by atoms with Crippen molar-refractivity contribution in [2.75, 3.05) is 6.54 Å². The Morgan fingerprint density at radius 3 is 2.36 bits per heavy atom. The molecule has 0 aromatic rings. The van der Waals surface area contributed by atoms with E-state index < -0.39 is 24.1 Å². The zero-order chi connectivity index (χ0) is 10.9. The van der Waals surface area contributed by atoms with E-state index in [2.05, 4.69) is 0 Å². The van der Waals surface area contributed by atoms with Crippen LogP contribution in [0.1, 0.15) is 12.8 Å². The second-order valence-electron chi connectivity index (χ2n) is 2.99. The fourth-order valence-corrected chi connectivity index (χ4v) is 1.43. The van der Waals surface area contributed by atoms with Gasteiger partial charge in [-0.15, -0.1) is 0 Å². The number of nitrogens with zero attached hydrogens (tertiary/aromatic N) is 1. The summed E-state index contributed by atoms with van der Waals surface area (Å²) in [5.41, 5.74) is 0. The molecule has 0 unspecified atom stereocenters. The Morgan fingerprint density at radius 2 is 1.93 bits per heavy atom. The molecule has 14 heavy (non-hydrogen) atoms. The van der Waals surface area contributed by atoms with Crippen LogP contribution in [0, 0.1) is 0 Å². The zero-order valence-electron chi connectivity index (χ0n) is 7.04. The van der Waals surface area contributed by atoms with E-state index >= 15 is 0 Å². The van der Waals surface area contributed by atoms with Crippen LogP contribution in [0.5, 0.6) is 0 Å². The van der Waals surface area contributed by atoms with E-state index in [1.54, 1.807) is 0 Å². The number of carbonyl (C=O) groups excluding carboxylic acids is 1. The average molecular weight is 211 g/mol. The van der Waals surface area contributed by atoms with E-state index in [9.17, 15) is 22.8 Å². The SMILES string of the molecule is O=C(O)[C@H]1CCCN1C(=O)C(F)(F)F. The fraction of sp³-hybridized carbons (Fsp3) is 0.714. The van der Waals surface area contributed by atoms with Gasteiger partial charge in [0.05, 0.1) is 0 Å². The van der Waals surface area contributed by atoms with E-state index in [0.29, 0.717) is 11.3 Å². The second kappa shape index (κ2) is 3.47. The van der Waals surface area contributed by atoms with Gasteiger partial charge in [0, 0.05) is 6.54 Å². The Bertz CT molecular complexity index is 263. The number of halogens is 3. The average Bonchev–Trinajstić information content (AvgIpc) is 2.48. The number of carboxylic acids is 1. The van der Waals surface area contributed by atoms with Crippen LogP contribution in [-0.2, 0) is 9.59 Å². The lowest BCUT2D eigenvalue weighted by atomic mass is 10.2. The molecule has 0 aromatic heterocycles. The molecule has 1 amide bonds. The lowest BCUT2D eigenvalue weighted by Crippen LogP contribution is -2.46. The molecule has 1 saturated heterocycles. The lowest BCUT2D eigenvalue weighted by Gasteiger charge is -2.22. The number of carbonyl (C=O) groups is 2. The van der Waals surface area contributed by atoms with E-state index in [0.717, 1.165) is 0 Å². The largest absolute Gasteiger partial charge is 0.480 e. The van der Waals surface area contributed by atoms with Crippen LogP contribution in [0.3, 0.4) is 0 Å². The maximum atomic E-state index is 12.0. The molecular weight excluding hydrogens is 203 g/mol. The highest BCUT2D eigenvalue weighted by Crippen LogP contribution is 2.25. The third-order valence-corrected chi connectivity index (χ3v) is 2.04. The van der Waals surface area contributed by atoms with Gasteiger partial charge in [0.15, 0.2) is 0 Å². The molecule has 1 fully saturated rings. The summed E-state index contributed by atoms with van der Waals surface area (Å²) in [7, 11) is 0. The van der Waals surface area contributed by atoms with E-state index in [1.807, 2.05) is 0 Å². The fourth-order valence-electron chi connectivity index (χ4n) is 1.43. The molecule has 1 aliphatic rings. The summed E-state index contributed by atoms with van der Waals surface area (Å²) in [4.78, 5) is 21.6. The third-order valence-electron chi connectivity index (χ3n) is 2.04. The minimum absolute atomic E-state index is 0.0805. The normalized spacial score (nSPS) is 22.5. The Balaban J connectivity index is 2.77. The van der Waals surface area contributed by atoms with Gasteiger partial charge >= 0.3 is 18.1 Å². The summed E-state index contributed by atoms with van der Waals surface area (Å²) in [6.07, 6.45) is -4.62. The van der Waals surface area contributed by atoms with Crippen molar-refractivity contribution < 1.29 is 27.9 Å². The van der Waals surface area contributed by atoms with Crippen molar-refractivity contribution in [1.29, 1.82) is 0 Å². The van der Waals surface area contributed by atoms with Gasteiger partial charge in [-0.1, -0.05) is 0 Å². The van der Waals surface area contributed by atoms with Crippen LogP contribution in [0.15, 0.2) is 0 Å². The standard InChI is InChI=1S/C7H8F3NO3/c8-7(9,10)6(14)11-3-1-2-4(11)5(12)13/h4H,1-3H2,(H,12,13)/t4-/m1/s1. The van der Waals surface area contributed by atoms with Crippen molar-refractivity contribution in [2.24, 2.45) is 0 Å². The first kappa shape index (κ1) is 10.8. The molecule has 80 valence electrons. The molecule has 0 aromatic carbocycles. The minimum atomic E-state index is -4.99. The first-order valence-electron chi connectivity index (χ1n) is 3.94. The first-order valence-corrected chi connectivity index (χ1v) is 3.94. The number of amides is 1. The van der Waals surface area contributed by atoms with Crippen LogP contribution < -0.4 is 0 Å². The molecule has 7 heteroatoms. The van der Waals surface area contributed by atoms with Crippen molar-refractivity contribution in [3.8, 4) is 0 Å². The molecule has 1 N–H and O–H groups in total. The highest BCUT2D eigenvalue weighted by atomic mass is 19.4. The maximum absolute atomic E-state index is 12.0. The molecule has 1 atom stereocenters.